The van der Waals surface area contributed by atoms with E-state index in [-0.39, 0.29) is 17.4 Å². The number of aromatic nitrogens is 4. The number of carboxylic acids is 1. The number of ether oxygens (including phenoxy) is 2. The molecule has 0 spiro atoms. The van der Waals surface area contributed by atoms with E-state index in [1.165, 1.54) is 18.2 Å². The fraction of sp³-hybridized carbons (Fsp3) is 0.435. The molecule has 1 aliphatic rings. The number of fused-ring (bicyclic) bond motifs is 1. The van der Waals surface area contributed by atoms with Crippen LogP contribution in [0.15, 0.2) is 30.6 Å². The Morgan fingerprint density at radius 2 is 1.87 bits per heavy atom. The number of pyridine rings is 1. The summed E-state index contributed by atoms with van der Waals surface area (Å²) in [7, 11) is 0. The molecule has 15 heteroatoms. The number of aliphatic carboxylic acids is 1. The van der Waals surface area contributed by atoms with Crippen LogP contribution in [0.1, 0.15) is 60.4 Å². The lowest BCUT2D eigenvalue weighted by molar-refractivity contribution is -0.192. The number of anilines is 1. The van der Waals surface area contributed by atoms with Crippen LogP contribution in [-0.2, 0) is 9.53 Å². The van der Waals surface area contributed by atoms with Crippen LogP contribution < -0.4 is 10.1 Å². The third-order valence-corrected chi connectivity index (χ3v) is 5.22. The molecular weight excluding hydrogens is 521 g/mol. The molecule has 1 aliphatic heterocycles. The topological polar surface area (TPSA) is 128 Å². The molecule has 0 unspecified atom stereocenters. The number of carbonyl (C=O) groups excluding carboxylic acids is 1. The van der Waals surface area contributed by atoms with Crippen LogP contribution in [0.25, 0.3) is 5.65 Å². The second-order valence-electron chi connectivity index (χ2n) is 8.07. The molecule has 4 heterocycles. The number of rotatable bonds is 7. The zero-order valence-corrected chi connectivity index (χ0v) is 20.0. The second kappa shape index (κ2) is 12.6. The van der Waals surface area contributed by atoms with Gasteiger partial charge in [0.25, 0.3) is 18.2 Å². The third-order valence-electron chi connectivity index (χ3n) is 5.22. The van der Waals surface area contributed by atoms with Gasteiger partial charge < -0.3 is 19.9 Å². The molecule has 10 nitrogen and oxygen atoms in total. The van der Waals surface area contributed by atoms with Crippen molar-refractivity contribution in [1.82, 2.24) is 19.4 Å². The lowest BCUT2D eigenvalue weighted by Gasteiger charge is -2.19. The number of nitrogens with one attached hydrogen (secondary N) is 1. The van der Waals surface area contributed by atoms with Gasteiger partial charge in [0.2, 0.25) is 5.65 Å². The van der Waals surface area contributed by atoms with Crippen molar-refractivity contribution in [2.75, 3.05) is 25.1 Å². The summed E-state index contributed by atoms with van der Waals surface area (Å²) in [4.78, 5) is 34.3. The summed E-state index contributed by atoms with van der Waals surface area (Å²) in [6, 6.07) is 3.91. The summed E-state index contributed by atoms with van der Waals surface area (Å²) < 4.78 is 70.5. The summed E-state index contributed by atoms with van der Waals surface area (Å²) >= 11 is 0. The molecule has 0 saturated carbocycles. The number of carbonyl (C=O) groups is 2. The SMILES string of the molecule is CCCOc1nc(NC(=O)c2cccc(C(F)F)n2)cn2cc(C3CCOCC3)nc12.O=C(O)C(F)(F)F. The van der Waals surface area contributed by atoms with Gasteiger partial charge in [-0.15, -0.1) is 0 Å². The average molecular weight is 545 g/mol. The van der Waals surface area contributed by atoms with E-state index in [1.54, 1.807) is 10.6 Å². The first kappa shape index (κ1) is 28.7. The van der Waals surface area contributed by atoms with Crippen LogP contribution in [0, 0.1) is 0 Å². The minimum absolute atomic E-state index is 0.121. The Morgan fingerprint density at radius 3 is 2.47 bits per heavy atom. The van der Waals surface area contributed by atoms with Crippen molar-refractivity contribution in [3.05, 3.63) is 47.7 Å². The van der Waals surface area contributed by atoms with Gasteiger partial charge in [0.15, 0.2) is 5.82 Å². The number of halogens is 5. The molecule has 38 heavy (non-hydrogen) atoms. The van der Waals surface area contributed by atoms with Gasteiger partial charge in [-0.05, 0) is 31.4 Å². The number of alkyl halides is 5. The van der Waals surface area contributed by atoms with Crippen LogP contribution >= 0.6 is 0 Å². The van der Waals surface area contributed by atoms with E-state index in [0.717, 1.165) is 25.0 Å². The molecule has 1 amide bonds. The first-order valence-electron chi connectivity index (χ1n) is 11.5. The molecule has 0 radical (unpaired) electrons. The molecule has 0 aromatic carbocycles. The van der Waals surface area contributed by atoms with Gasteiger partial charge in [-0.3, -0.25) is 9.20 Å². The van der Waals surface area contributed by atoms with Crippen molar-refractivity contribution in [3.8, 4) is 5.88 Å². The van der Waals surface area contributed by atoms with E-state index < -0.39 is 30.2 Å². The highest BCUT2D eigenvalue weighted by Crippen LogP contribution is 2.29. The molecule has 0 atom stereocenters. The summed E-state index contributed by atoms with van der Waals surface area (Å²) in [5.74, 6) is -2.60. The number of carboxylic acid groups (broad SMARTS) is 1. The summed E-state index contributed by atoms with van der Waals surface area (Å²) in [6.45, 7) is 3.81. The van der Waals surface area contributed by atoms with Crippen LogP contribution in [0.2, 0.25) is 0 Å². The number of hydrogen-bond acceptors (Lipinski definition) is 7. The monoisotopic (exact) mass is 545 g/mol. The van der Waals surface area contributed by atoms with Crippen molar-refractivity contribution >= 4 is 23.3 Å². The Hall–Kier alpha value is -3.88. The van der Waals surface area contributed by atoms with Crippen molar-refractivity contribution in [3.63, 3.8) is 0 Å². The maximum absolute atomic E-state index is 12.9. The smallest absolute Gasteiger partial charge is 0.475 e. The molecular formula is C23H24F5N5O5. The maximum Gasteiger partial charge on any atom is 0.490 e. The van der Waals surface area contributed by atoms with Gasteiger partial charge in [-0.1, -0.05) is 13.0 Å². The molecule has 206 valence electrons. The first-order chi connectivity index (χ1) is 18.0. The van der Waals surface area contributed by atoms with Crippen molar-refractivity contribution in [1.29, 1.82) is 0 Å². The molecule has 1 saturated heterocycles. The van der Waals surface area contributed by atoms with E-state index in [0.29, 0.717) is 31.3 Å². The van der Waals surface area contributed by atoms with Crippen LogP contribution in [0.4, 0.5) is 27.8 Å². The maximum atomic E-state index is 12.9. The predicted octanol–water partition coefficient (Wildman–Crippen LogP) is 4.63. The Morgan fingerprint density at radius 1 is 1.18 bits per heavy atom. The predicted molar refractivity (Wildman–Crippen MR) is 122 cm³/mol. The lowest BCUT2D eigenvalue weighted by Crippen LogP contribution is -2.21. The van der Waals surface area contributed by atoms with Gasteiger partial charge in [0.05, 0.1) is 18.5 Å². The molecule has 3 aromatic heterocycles. The normalized spacial score (nSPS) is 14.2. The fourth-order valence-corrected chi connectivity index (χ4v) is 3.41. The Labute approximate surface area is 212 Å². The van der Waals surface area contributed by atoms with Gasteiger partial charge in [-0.25, -0.2) is 23.5 Å². The highest BCUT2D eigenvalue weighted by molar-refractivity contribution is 6.02. The Bertz CT molecular complexity index is 1260. The quantitative estimate of drug-likeness (QED) is 0.412. The second-order valence-corrected chi connectivity index (χ2v) is 8.07. The van der Waals surface area contributed by atoms with Crippen LogP contribution in [-0.4, -0.2) is 62.3 Å². The van der Waals surface area contributed by atoms with Gasteiger partial charge in [-0.2, -0.15) is 18.2 Å². The van der Waals surface area contributed by atoms with E-state index in [4.69, 9.17) is 24.4 Å². The van der Waals surface area contributed by atoms with Crippen LogP contribution in [0.3, 0.4) is 0 Å². The van der Waals surface area contributed by atoms with Crippen molar-refractivity contribution in [2.45, 2.75) is 44.7 Å². The van der Waals surface area contributed by atoms with Crippen molar-refractivity contribution < 1.29 is 46.1 Å². The Balaban J connectivity index is 0.000000505. The van der Waals surface area contributed by atoms with Gasteiger partial charge in [0.1, 0.15) is 11.4 Å². The minimum Gasteiger partial charge on any atom is -0.475 e. The molecule has 0 bridgehead atoms. The molecule has 4 rings (SSSR count). The summed E-state index contributed by atoms with van der Waals surface area (Å²) in [5.41, 5.74) is 0.898. The van der Waals surface area contributed by atoms with Gasteiger partial charge >= 0.3 is 12.1 Å². The molecule has 3 aromatic rings. The van der Waals surface area contributed by atoms with Crippen molar-refractivity contribution in [2.24, 2.45) is 0 Å². The molecule has 0 aliphatic carbocycles. The van der Waals surface area contributed by atoms with E-state index >= 15 is 0 Å². The lowest BCUT2D eigenvalue weighted by atomic mass is 9.97. The van der Waals surface area contributed by atoms with Crippen LogP contribution in [0.5, 0.6) is 5.88 Å². The number of amides is 1. The molecule has 2 N–H and O–H groups in total. The first-order valence-corrected chi connectivity index (χ1v) is 11.5. The van der Waals surface area contributed by atoms with E-state index in [1.807, 2.05) is 13.1 Å². The average Bonchev–Trinajstić information content (AvgIpc) is 3.32. The van der Waals surface area contributed by atoms with E-state index in [2.05, 4.69) is 15.3 Å². The standard InChI is InChI=1S/C21H23F2N5O3.C2HF3O2/c1-2-8-31-21-19-25-16(13-6-9-30-10-7-13)11-28(19)12-17(27-21)26-20(29)15-5-3-4-14(24-15)18(22)23;3-2(4,5)1(6)7/h3-5,11-13,18H,2,6-10H2,1H3,(H,26,29);(H,6,7). The zero-order chi connectivity index (χ0) is 27.9. The minimum atomic E-state index is -5.08. The largest absolute Gasteiger partial charge is 0.490 e. The summed E-state index contributed by atoms with van der Waals surface area (Å²) in [6.07, 6.45) is -1.76. The number of imidazole rings is 1. The summed E-state index contributed by atoms with van der Waals surface area (Å²) in [5, 5.41) is 9.74. The fourth-order valence-electron chi connectivity index (χ4n) is 3.41. The Kier molecular flexibility index (Phi) is 9.50. The van der Waals surface area contributed by atoms with Gasteiger partial charge in [0, 0.05) is 25.3 Å². The third kappa shape index (κ3) is 7.57. The van der Waals surface area contributed by atoms with E-state index in [9.17, 15) is 26.7 Å². The zero-order valence-electron chi connectivity index (χ0n) is 20.0. The number of hydrogen-bond donors (Lipinski definition) is 2. The highest BCUT2D eigenvalue weighted by atomic mass is 19.4. The number of nitrogens with zero attached hydrogens (tertiary/aromatic N) is 4. The highest BCUT2D eigenvalue weighted by Gasteiger charge is 2.38. The molecule has 1 fully saturated rings.